The van der Waals surface area contributed by atoms with E-state index in [-0.39, 0.29) is 5.54 Å². The Hall–Kier alpha value is -0.570. The van der Waals surface area contributed by atoms with Crippen molar-refractivity contribution < 1.29 is 4.79 Å². The summed E-state index contributed by atoms with van der Waals surface area (Å²) in [4.78, 5) is 14.5. The van der Waals surface area contributed by atoms with Crippen LogP contribution < -0.4 is 5.32 Å². The van der Waals surface area contributed by atoms with Gasteiger partial charge in [-0.15, -0.1) is 0 Å². The number of nitrogens with one attached hydrogen (secondary N) is 1. The molecule has 0 spiro atoms. The smallest absolute Gasteiger partial charge is 0.222 e. The van der Waals surface area contributed by atoms with Gasteiger partial charge in [0.15, 0.2) is 0 Å². The van der Waals surface area contributed by atoms with Crippen molar-refractivity contribution in [3.8, 4) is 0 Å². The maximum atomic E-state index is 12.4. The molecule has 1 amide bonds. The Kier molecular flexibility index (Phi) is 3.13. The second kappa shape index (κ2) is 4.52. The molecule has 2 aliphatic carbocycles. The predicted octanol–water partition coefficient (Wildman–Crippen LogP) is 2.02. The van der Waals surface area contributed by atoms with Gasteiger partial charge < -0.3 is 10.2 Å². The van der Waals surface area contributed by atoms with Crippen LogP contribution in [0.25, 0.3) is 0 Å². The van der Waals surface area contributed by atoms with E-state index in [1.165, 1.54) is 25.7 Å². The molecule has 1 saturated heterocycles. The number of piperazine rings is 1. The lowest BCUT2D eigenvalue weighted by atomic mass is 9.86. The highest BCUT2D eigenvalue weighted by Gasteiger charge is 2.41. The van der Waals surface area contributed by atoms with Crippen molar-refractivity contribution in [3.63, 3.8) is 0 Å². The Labute approximate surface area is 110 Å². The third-order valence-electron chi connectivity index (χ3n) is 5.25. The average molecular weight is 250 g/mol. The van der Waals surface area contributed by atoms with Crippen LogP contribution in [0.1, 0.15) is 46.0 Å². The molecule has 3 heteroatoms. The Morgan fingerprint density at radius 3 is 2.78 bits per heavy atom. The first-order valence-corrected chi connectivity index (χ1v) is 7.56. The molecule has 3 aliphatic rings. The molecule has 3 unspecified atom stereocenters. The van der Waals surface area contributed by atoms with Crippen LogP contribution in [-0.4, -0.2) is 36.0 Å². The zero-order valence-corrected chi connectivity index (χ0v) is 11.7. The van der Waals surface area contributed by atoms with E-state index in [2.05, 4.69) is 24.1 Å². The van der Waals surface area contributed by atoms with Crippen LogP contribution in [0.4, 0.5) is 0 Å². The summed E-state index contributed by atoms with van der Waals surface area (Å²) in [6.45, 7) is 7.07. The van der Waals surface area contributed by atoms with Gasteiger partial charge in [0.25, 0.3) is 0 Å². The minimum atomic E-state index is 0.0859. The molecular formula is C15H26N2O. The largest absolute Gasteiger partial charge is 0.340 e. The lowest BCUT2D eigenvalue weighted by molar-refractivity contribution is -0.134. The van der Waals surface area contributed by atoms with Crippen LogP contribution in [0.2, 0.25) is 0 Å². The van der Waals surface area contributed by atoms with Crippen LogP contribution in [0.15, 0.2) is 0 Å². The molecule has 3 atom stereocenters. The number of carbonyl (C=O) groups excluding carboxylic acids is 1. The molecule has 2 bridgehead atoms. The first-order valence-electron chi connectivity index (χ1n) is 7.56. The summed E-state index contributed by atoms with van der Waals surface area (Å²) in [6.07, 6.45) is 6.36. The summed E-state index contributed by atoms with van der Waals surface area (Å²) >= 11 is 0. The molecule has 1 N–H and O–H groups in total. The Balaban J connectivity index is 1.55. The number of nitrogens with zero attached hydrogens (tertiary/aromatic N) is 1. The number of hydrogen-bond acceptors (Lipinski definition) is 2. The van der Waals surface area contributed by atoms with Crippen molar-refractivity contribution in [1.29, 1.82) is 0 Å². The lowest BCUT2D eigenvalue weighted by Gasteiger charge is -2.39. The fourth-order valence-corrected chi connectivity index (χ4v) is 4.33. The first-order chi connectivity index (χ1) is 8.53. The van der Waals surface area contributed by atoms with Gasteiger partial charge >= 0.3 is 0 Å². The molecule has 0 aromatic rings. The minimum absolute atomic E-state index is 0.0859. The van der Waals surface area contributed by atoms with Crippen LogP contribution in [0, 0.1) is 17.8 Å². The molecule has 2 saturated carbocycles. The molecule has 1 heterocycles. The van der Waals surface area contributed by atoms with Gasteiger partial charge in [-0.1, -0.05) is 6.42 Å². The van der Waals surface area contributed by atoms with E-state index in [1.807, 2.05) is 0 Å². The van der Waals surface area contributed by atoms with Crippen molar-refractivity contribution in [2.75, 3.05) is 19.6 Å². The van der Waals surface area contributed by atoms with Gasteiger partial charge in [0.2, 0.25) is 5.91 Å². The molecule has 3 rings (SSSR count). The van der Waals surface area contributed by atoms with Gasteiger partial charge in [-0.05, 0) is 50.9 Å². The SMILES string of the molecule is CC1(C)CN(C(=O)CC2CC3CCC2C3)CCN1. The third-order valence-corrected chi connectivity index (χ3v) is 5.25. The standard InChI is InChI=1S/C15H26N2O/c1-15(2)10-17(6-5-16-15)14(18)9-13-8-11-3-4-12(13)7-11/h11-13,16H,3-10H2,1-2H3. The molecule has 0 radical (unpaired) electrons. The van der Waals surface area contributed by atoms with E-state index in [0.29, 0.717) is 11.8 Å². The van der Waals surface area contributed by atoms with Gasteiger partial charge in [-0.25, -0.2) is 0 Å². The number of fused-ring (bicyclic) bond motifs is 2. The van der Waals surface area contributed by atoms with E-state index in [0.717, 1.165) is 37.9 Å². The van der Waals surface area contributed by atoms with Crippen LogP contribution >= 0.6 is 0 Å². The first kappa shape index (κ1) is 12.5. The van der Waals surface area contributed by atoms with E-state index < -0.39 is 0 Å². The average Bonchev–Trinajstić information content (AvgIpc) is 2.89. The van der Waals surface area contributed by atoms with Gasteiger partial charge in [0.1, 0.15) is 0 Å². The fraction of sp³-hybridized carbons (Fsp3) is 0.933. The fourth-order valence-electron chi connectivity index (χ4n) is 4.33. The maximum absolute atomic E-state index is 12.4. The molecule has 18 heavy (non-hydrogen) atoms. The normalized spacial score (nSPS) is 38.1. The van der Waals surface area contributed by atoms with E-state index in [9.17, 15) is 4.79 Å². The molecular weight excluding hydrogens is 224 g/mol. The summed E-state index contributed by atoms with van der Waals surface area (Å²) in [7, 11) is 0. The summed E-state index contributed by atoms with van der Waals surface area (Å²) in [5.74, 6) is 2.93. The zero-order valence-electron chi connectivity index (χ0n) is 11.7. The third kappa shape index (κ3) is 2.42. The van der Waals surface area contributed by atoms with E-state index >= 15 is 0 Å². The van der Waals surface area contributed by atoms with Crippen molar-refractivity contribution >= 4 is 5.91 Å². The second-order valence-electron chi connectivity index (χ2n) is 7.27. The highest BCUT2D eigenvalue weighted by Crippen LogP contribution is 2.49. The highest BCUT2D eigenvalue weighted by molar-refractivity contribution is 5.76. The van der Waals surface area contributed by atoms with Crippen LogP contribution in [-0.2, 0) is 4.79 Å². The van der Waals surface area contributed by atoms with E-state index in [1.54, 1.807) is 0 Å². The summed E-state index contributed by atoms with van der Waals surface area (Å²) in [5, 5.41) is 3.47. The zero-order chi connectivity index (χ0) is 12.8. The van der Waals surface area contributed by atoms with Crippen LogP contribution in [0.5, 0.6) is 0 Å². The Morgan fingerprint density at radius 2 is 2.17 bits per heavy atom. The van der Waals surface area contributed by atoms with Gasteiger partial charge in [-0.2, -0.15) is 0 Å². The second-order valence-corrected chi connectivity index (χ2v) is 7.27. The van der Waals surface area contributed by atoms with Gasteiger partial charge in [0, 0.05) is 31.6 Å². The number of amides is 1. The minimum Gasteiger partial charge on any atom is -0.340 e. The lowest BCUT2D eigenvalue weighted by Crippen LogP contribution is -2.58. The van der Waals surface area contributed by atoms with Crippen molar-refractivity contribution in [1.82, 2.24) is 10.2 Å². The topological polar surface area (TPSA) is 32.3 Å². The van der Waals surface area contributed by atoms with E-state index in [4.69, 9.17) is 0 Å². The Bertz CT molecular complexity index is 339. The summed E-state index contributed by atoms with van der Waals surface area (Å²) < 4.78 is 0. The summed E-state index contributed by atoms with van der Waals surface area (Å²) in [5.41, 5.74) is 0.0859. The molecule has 102 valence electrons. The molecule has 3 fully saturated rings. The predicted molar refractivity (Wildman–Crippen MR) is 72.2 cm³/mol. The Morgan fingerprint density at radius 1 is 1.33 bits per heavy atom. The quantitative estimate of drug-likeness (QED) is 0.813. The maximum Gasteiger partial charge on any atom is 0.222 e. The number of rotatable bonds is 2. The molecule has 3 nitrogen and oxygen atoms in total. The van der Waals surface area contributed by atoms with Crippen molar-refractivity contribution in [2.24, 2.45) is 17.8 Å². The molecule has 1 aliphatic heterocycles. The highest BCUT2D eigenvalue weighted by atomic mass is 16.2. The summed E-state index contributed by atoms with van der Waals surface area (Å²) in [6, 6.07) is 0. The van der Waals surface area contributed by atoms with Gasteiger partial charge in [0.05, 0.1) is 0 Å². The van der Waals surface area contributed by atoms with Crippen molar-refractivity contribution in [2.45, 2.75) is 51.5 Å². The molecule has 0 aromatic carbocycles. The number of carbonyl (C=O) groups is 1. The number of hydrogen-bond donors (Lipinski definition) is 1. The monoisotopic (exact) mass is 250 g/mol. The van der Waals surface area contributed by atoms with Crippen LogP contribution in [0.3, 0.4) is 0 Å². The van der Waals surface area contributed by atoms with Gasteiger partial charge in [-0.3, -0.25) is 4.79 Å². The van der Waals surface area contributed by atoms with Crippen molar-refractivity contribution in [3.05, 3.63) is 0 Å². The molecule has 0 aromatic heterocycles.